The zero-order valence-electron chi connectivity index (χ0n) is 10.8. The van der Waals surface area contributed by atoms with Gasteiger partial charge in [0.15, 0.2) is 4.96 Å². The van der Waals surface area contributed by atoms with Crippen molar-refractivity contribution in [3.63, 3.8) is 0 Å². The van der Waals surface area contributed by atoms with E-state index in [1.165, 1.54) is 11.3 Å². The predicted octanol–water partition coefficient (Wildman–Crippen LogP) is 3.22. The van der Waals surface area contributed by atoms with E-state index in [0.717, 1.165) is 26.0 Å². The highest BCUT2D eigenvalue weighted by atomic mass is 79.9. The number of para-hydroxylation sites is 2. The van der Waals surface area contributed by atoms with Crippen LogP contribution in [0.5, 0.6) is 0 Å². The lowest BCUT2D eigenvalue weighted by Gasteiger charge is -1.92. The lowest BCUT2D eigenvalue weighted by molar-refractivity contribution is 1.19. The Labute approximate surface area is 132 Å². The van der Waals surface area contributed by atoms with E-state index < -0.39 is 0 Å². The van der Waals surface area contributed by atoms with Gasteiger partial charge in [-0.1, -0.05) is 51.5 Å². The van der Waals surface area contributed by atoms with Gasteiger partial charge in [0, 0.05) is 4.47 Å². The minimum atomic E-state index is -0.0105. The monoisotopic (exact) mass is 356 g/mol. The van der Waals surface area contributed by atoms with Crippen LogP contribution in [0.2, 0.25) is 0 Å². The third-order valence-electron chi connectivity index (χ3n) is 3.29. The molecule has 0 fully saturated rings. The highest BCUT2D eigenvalue weighted by molar-refractivity contribution is 9.10. The van der Waals surface area contributed by atoms with Crippen LogP contribution in [0.4, 0.5) is 0 Å². The second-order valence-corrected chi connectivity index (χ2v) is 6.61. The van der Waals surface area contributed by atoms with Gasteiger partial charge in [0.2, 0.25) is 0 Å². The molecule has 5 heteroatoms. The summed E-state index contributed by atoms with van der Waals surface area (Å²) in [7, 11) is 0. The fraction of sp³-hybridized carbons (Fsp3) is 0. The summed E-state index contributed by atoms with van der Waals surface area (Å²) in [5.74, 6) is 0. The van der Waals surface area contributed by atoms with Gasteiger partial charge in [0.05, 0.1) is 15.6 Å². The molecule has 102 valence electrons. The summed E-state index contributed by atoms with van der Waals surface area (Å²) in [6, 6.07) is 15.6. The van der Waals surface area contributed by atoms with E-state index in [4.69, 9.17) is 0 Å². The van der Waals surface area contributed by atoms with Crippen LogP contribution in [0.3, 0.4) is 0 Å². The van der Waals surface area contributed by atoms with Crippen molar-refractivity contribution in [1.29, 1.82) is 0 Å². The molecule has 0 saturated carbocycles. The molecule has 0 spiro atoms. The van der Waals surface area contributed by atoms with Crippen LogP contribution in [0.25, 0.3) is 22.1 Å². The molecule has 3 nitrogen and oxygen atoms in total. The molecule has 2 heterocycles. The first-order chi connectivity index (χ1) is 10.2. The highest BCUT2D eigenvalue weighted by Gasteiger charge is 2.10. The Morgan fingerprint density at radius 1 is 1.14 bits per heavy atom. The van der Waals surface area contributed by atoms with Gasteiger partial charge < -0.3 is 0 Å². The molecule has 0 atom stereocenters. The molecule has 0 amide bonds. The molecule has 0 aliphatic rings. The van der Waals surface area contributed by atoms with Crippen LogP contribution in [0, 0.1) is 0 Å². The lowest BCUT2D eigenvalue weighted by atomic mass is 10.2. The number of benzene rings is 2. The van der Waals surface area contributed by atoms with Crippen molar-refractivity contribution in [1.82, 2.24) is 9.38 Å². The van der Waals surface area contributed by atoms with Gasteiger partial charge in [-0.05, 0) is 35.9 Å². The Bertz CT molecular complexity index is 1080. The Hall–Kier alpha value is -1.98. The number of rotatable bonds is 1. The third-order valence-corrected chi connectivity index (χ3v) is 4.75. The molecule has 0 radical (unpaired) electrons. The van der Waals surface area contributed by atoms with Gasteiger partial charge in [0.1, 0.15) is 0 Å². The second kappa shape index (κ2) is 4.79. The number of halogens is 1. The maximum Gasteiger partial charge on any atom is 0.274 e. The molecule has 0 N–H and O–H groups in total. The topological polar surface area (TPSA) is 34.4 Å². The van der Waals surface area contributed by atoms with Crippen molar-refractivity contribution in [2.45, 2.75) is 0 Å². The minimum absolute atomic E-state index is 0.0105. The number of nitrogens with zero attached hydrogens (tertiary/aromatic N) is 2. The molecule has 2 aromatic heterocycles. The zero-order valence-corrected chi connectivity index (χ0v) is 13.2. The standard InChI is InChI=1S/C16H9BrN2OS/c17-11-5-3-4-10(8-11)9-14-15(20)19-13-7-2-1-6-12(13)18-16(19)21-14/h1-9H/b14-9+. The van der Waals surface area contributed by atoms with E-state index >= 15 is 0 Å². The van der Waals surface area contributed by atoms with Crippen LogP contribution in [0.1, 0.15) is 5.56 Å². The fourth-order valence-electron chi connectivity index (χ4n) is 2.36. The van der Waals surface area contributed by atoms with Crippen LogP contribution < -0.4 is 10.1 Å². The van der Waals surface area contributed by atoms with E-state index in [9.17, 15) is 4.79 Å². The molecule has 0 aliphatic heterocycles. The molecule has 0 unspecified atom stereocenters. The molecule has 0 saturated heterocycles. The van der Waals surface area contributed by atoms with Gasteiger partial charge in [-0.25, -0.2) is 9.38 Å². The Morgan fingerprint density at radius 3 is 2.86 bits per heavy atom. The Balaban J connectivity index is 2.03. The summed E-state index contributed by atoms with van der Waals surface area (Å²) in [4.78, 5) is 17.8. The van der Waals surface area contributed by atoms with Crippen LogP contribution in [0.15, 0.2) is 57.8 Å². The number of hydrogen-bond acceptors (Lipinski definition) is 3. The number of fused-ring (bicyclic) bond motifs is 3. The zero-order chi connectivity index (χ0) is 14.4. The first-order valence-electron chi connectivity index (χ1n) is 6.40. The first-order valence-corrected chi connectivity index (χ1v) is 8.00. The van der Waals surface area contributed by atoms with Crippen LogP contribution in [-0.2, 0) is 0 Å². The van der Waals surface area contributed by atoms with Gasteiger partial charge in [-0.3, -0.25) is 4.79 Å². The maximum atomic E-state index is 12.6. The second-order valence-electron chi connectivity index (χ2n) is 4.69. The fourth-order valence-corrected chi connectivity index (χ4v) is 3.76. The number of thiazole rings is 1. The summed E-state index contributed by atoms with van der Waals surface area (Å²) >= 11 is 4.86. The quantitative estimate of drug-likeness (QED) is 0.524. The third kappa shape index (κ3) is 2.09. The van der Waals surface area contributed by atoms with Crippen LogP contribution >= 0.6 is 27.3 Å². The van der Waals surface area contributed by atoms with Gasteiger partial charge in [-0.15, -0.1) is 0 Å². The van der Waals surface area contributed by atoms with E-state index in [1.807, 2.05) is 54.6 Å². The van der Waals surface area contributed by atoms with Crippen molar-refractivity contribution in [2.24, 2.45) is 0 Å². The summed E-state index contributed by atoms with van der Waals surface area (Å²) in [6.45, 7) is 0. The number of hydrogen-bond donors (Lipinski definition) is 0. The number of imidazole rings is 1. The van der Waals surface area contributed by atoms with E-state index in [0.29, 0.717) is 4.53 Å². The summed E-state index contributed by atoms with van der Waals surface area (Å²) in [6.07, 6.45) is 1.90. The molecule has 21 heavy (non-hydrogen) atoms. The van der Waals surface area contributed by atoms with Gasteiger partial charge >= 0.3 is 0 Å². The normalized spacial score (nSPS) is 12.5. The molecular formula is C16H9BrN2OS. The molecular weight excluding hydrogens is 348 g/mol. The highest BCUT2D eigenvalue weighted by Crippen LogP contribution is 2.16. The minimum Gasteiger partial charge on any atom is -0.267 e. The lowest BCUT2D eigenvalue weighted by Crippen LogP contribution is -2.22. The summed E-state index contributed by atoms with van der Waals surface area (Å²) in [5.41, 5.74) is 2.71. The van der Waals surface area contributed by atoms with Crippen molar-refractivity contribution in [2.75, 3.05) is 0 Å². The summed E-state index contributed by atoms with van der Waals surface area (Å²) in [5, 5.41) is 0. The predicted molar refractivity (Wildman–Crippen MR) is 89.8 cm³/mol. The summed E-state index contributed by atoms with van der Waals surface area (Å²) < 4.78 is 3.38. The van der Waals surface area contributed by atoms with Crippen molar-refractivity contribution >= 4 is 49.3 Å². The molecule has 2 aromatic carbocycles. The first kappa shape index (κ1) is 12.7. The maximum absolute atomic E-state index is 12.6. The average Bonchev–Trinajstić information content (AvgIpc) is 2.97. The van der Waals surface area contributed by atoms with Crippen molar-refractivity contribution in [3.05, 3.63) is 73.5 Å². The smallest absolute Gasteiger partial charge is 0.267 e. The van der Waals surface area contributed by atoms with Crippen molar-refractivity contribution < 1.29 is 0 Å². The van der Waals surface area contributed by atoms with Crippen LogP contribution in [-0.4, -0.2) is 9.38 Å². The largest absolute Gasteiger partial charge is 0.274 e. The molecule has 0 bridgehead atoms. The van der Waals surface area contributed by atoms with Crippen molar-refractivity contribution in [3.8, 4) is 0 Å². The van der Waals surface area contributed by atoms with E-state index in [-0.39, 0.29) is 5.56 Å². The van der Waals surface area contributed by atoms with E-state index in [2.05, 4.69) is 20.9 Å². The molecule has 4 aromatic rings. The van der Waals surface area contributed by atoms with Gasteiger partial charge in [0.25, 0.3) is 5.56 Å². The Kier molecular flexibility index (Phi) is 2.90. The molecule has 0 aliphatic carbocycles. The molecule has 4 rings (SSSR count). The average molecular weight is 357 g/mol. The Morgan fingerprint density at radius 2 is 2.00 bits per heavy atom. The SMILES string of the molecule is O=c1/c(=C\c2cccc(Br)c2)sc2nc3ccccc3n12. The number of aromatic nitrogens is 2. The van der Waals surface area contributed by atoms with E-state index in [1.54, 1.807) is 4.40 Å². The van der Waals surface area contributed by atoms with Gasteiger partial charge in [-0.2, -0.15) is 0 Å².